The van der Waals surface area contributed by atoms with Crippen LogP contribution in [0.3, 0.4) is 0 Å². The minimum absolute atomic E-state index is 0.119. The van der Waals surface area contributed by atoms with Crippen LogP contribution in [0.15, 0.2) is 48.8 Å². The Morgan fingerprint density at radius 2 is 1.86 bits per heavy atom. The van der Waals surface area contributed by atoms with Crippen LogP contribution in [0, 0.1) is 12.8 Å². The first-order valence-corrected chi connectivity index (χ1v) is 10.6. The number of hydrogen-bond donors (Lipinski definition) is 1. The molecule has 0 atom stereocenters. The molecule has 0 unspecified atom stereocenters. The Morgan fingerprint density at radius 3 is 2.54 bits per heavy atom. The number of rotatable bonds is 5. The van der Waals surface area contributed by atoms with Crippen molar-refractivity contribution in [3.05, 3.63) is 64.9 Å². The number of carbonyl (C=O) groups excluding carboxylic acids is 1. The van der Waals surface area contributed by atoms with E-state index >= 15 is 0 Å². The number of nitrogens with one attached hydrogen (secondary N) is 1. The topological polar surface area (TPSA) is 50.2 Å². The number of anilines is 1. The number of amides is 1. The van der Waals surface area contributed by atoms with E-state index < -0.39 is 0 Å². The van der Waals surface area contributed by atoms with Gasteiger partial charge in [-0.3, -0.25) is 15.0 Å². The van der Waals surface area contributed by atoms with Gasteiger partial charge >= 0.3 is 0 Å². The van der Waals surface area contributed by atoms with Gasteiger partial charge in [0.1, 0.15) is 0 Å². The Morgan fingerprint density at radius 1 is 1.18 bits per heavy atom. The van der Waals surface area contributed by atoms with Crippen molar-refractivity contribution in [2.75, 3.05) is 18.4 Å². The van der Waals surface area contributed by atoms with Crippen molar-refractivity contribution in [1.29, 1.82) is 0 Å². The zero-order valence-electron chi connectivity index (χ0n) is 16.4. The molecule has 146 valence electrons. The molecule has 0 radical (unpaired) electrons. The second-order valence-corrected chi connectivity index (χ2v) is 8.66. The molecule has 4 rings (SSSR count). The predicted molar refractivity (Wildman–Crippen MR) is 114 cm³/mol. The number of aromatic nitrogens is 2. The fourth-order valence-electron chi connectivity index (χ4n) is 3.51. The third-order valence-electron chi connectivity index (χ3n) is 5.39. The van der Waals surface area contributed by atoms with Gasteiger partial charge in [0, 0.05) is 35.1 Å². The van der Waals surface area contributed by atoms with Crippen LogP contribution in [0.25, 0.3) is 5.69 Å². The fourth-order valence-corrected chi connectivity index (χ4v) is 4.51. The van der Waals surface area contributed by atoms with Crippen LogP contribution >= 0.6 is 11.3 Å². The summed E-state index contributed by atoms with van der Waals surface area (Å²) in [7, 11) is 0. The second-order valence-electron chi connectivity index (χ2n) is 7.58. The molecule has 6 heteroatoms. The van der Waals surface area contributed by atoms with Crippen molar-refractivity contribution < 1.29 is 4.79 Å². The lowest BCUT2D eigenvalue weighted by Crippen LogP contribution is -2.32. The molecule has 1 amide bonds. The molecule has 0 saturated carbocycles. The maximum atomic E-state index is 12.6. The fraction of sp³-hybridized carbons (Fsp3) is 0.364. The Hall–Kier alpha value is -2.44. The first kappa shape index (κ1) is 18.9. The van der Waals surface area contributed by atoms with Crippen LogP contribution in [-0.2, 0) is 6.54 Å². The summed E-state index contributed by atoms with van der Waals surface area (Å²) in [5.74, 6) is 0.712. The van der Waals surface area contributed by atoms with Gasteiger partial charge in [0.25, 0.3) is 5.91 Å². The number of hydrogen-bond acceptors (Lipinski definition) is 4. The summed E-state index contributed by atoms with van der Waals surface area (Å²) in [6, 6.07) is 11.6. The Kier molecular flexibility index (Phi) is 5.59. The highest BCUT2D eigenvalue weighted by Crippen LogP contribution is 2.26. The van der Waals surface area contributed by atoms with Gasteiger partial charge in [0.05, 0.1) is 5.69 Å². The molecule has 1 aliphatic heterocycles. The number of aryl methyl sites for hydroxylation is 1. The van der Waals surface area contributed by atoms with Crippen LogP contribution < -0.4 is 5.32 Å². The summed E-state index contributed by atoms with van der Waals surface area (Å²) in [6.45, 7) is 7.58. The Balaban J connectivity index is 1.39. The molecule has 2 aromatic heterocycles. The first-order valence-electron chi connectivity index (χ1n) is 9.82. The number of likely N-dealkylation sites (tertiary alicyclic amines) is 1. The molecule has 1 N–H and O–H groups in total. The van der Waals surface area contributed by atoms with Gasteiger partial charge in [-0.05, 0) is 75.2 Å². The zero-order chi connectivity index (χ0) is 19.5. The molecule has 1 aromatic carbocycles. The van der Waals surface area contributed by atoms with E-state index in [1.165, 1.54) is 17.7 Å². The Bertz CT molecular complexity index is 922. The van der Waals surface area contributed by atoms with Crippen molar-refractivity contribution in [3.63, 3.8) is 0 Å². The highest BCUT2D eigenvalue weighted by atomic mass is 32.1. The van der Waals surface area contributed by atoms with Gasteiger partial charge in [0.15, 0.2) is 5.13 Å². The number of thiazole rings is 1. The van der Waals surface area contributed by atoms with Gasteiger partial charge in [-0.15, -0.1) is 11.3 Å². The van der Waals surface area contributed by atoms with Gasteiger partial charge in [-0.2, -0.15) is 0 Å². The van der Waals surface area contributed by atoms with Gasteiger partial charge in [0.2, 0.25) is 0 Å². The van der Waals surface area contributed by atoms with Crippen molar-refractivity contribution in [1.82, 2.24) is 14.5 Å². The van der Waals surface area contributed by atoms with E-state index in [1.54, 1.807) is 11.3 Å². The minimum Gasteiger partial charge on any atom is -0.324 e. The van der Waals surface area contributed by atoms with Crippen LogP contribution in [-0.4, -0.2) is 33.4 Å². The van der Waals surface area contributed by atoms with E-state index in [1.807, 2.05) is 60.3 Å². The molecule has 1 saturated heterocycles. The lowest BCUT2D eigenvalue weighted by atomic mass is 9.99. The van der Waals surface area contributed by atoms with Crippen molar-refractivity contribution in [3.8, 4) is 5.69 Å². The summed E-state index contributed by atoms with van der Waals surface area (Å²) in [5.41, 5.74) is 2.68. The molecular weight excluding hydrogens is 368 g/mol. The van der Waals surface area contributed by atoms with E-state index in [2.05, 4.69) is 22.1 Å². The summed E-state index contributed by atoms with van der Waals surface area (Å²) in [4.78, 5) is 20.9. The quantitative estimate of drug-likeness (QED) is 0.681. The highest BCUT2D eigenvalue weighted by molar-refractivity contribution is 7.15. The molecule has 3 heterocycles. The van der Waals surface area contributed by atoms with Gasteiger partial charge in [-0.1, -0.05) is 6.92 Å². The third-order valence-corrected chi connectivity index (χ3v) is 6.45. The maximum Gasteiger partial charge on any atom is 0.257 e. The van der Waals surface area contributed by atoms with E-state index in [0.29, 0.717) is 10.7 Å². The largest absolute Gasteiger partial charge is 0.324 e. The van der Waals surface area contributed by atoms with Gasteiger partial charge in [-0.25, -0.2) is 4.98 Å². The summed E-state index contributed by atoms with van der Waals surface area (Å²) in [5, 5.41) is 3.64. The molecule has 1 aliphatic rings. The summed E-state index contributed by atoms with van der Waals surface area (Å²) < 4.78 is 2.01. The predicted octanol–water partition coefficient (Wildman–Crippen LogP) is 4.73. The first-order chi connectivity index (χ1) is 13.6. The molecule has 28 heavy (non-hydrogen) atoms. The number of benzene rings is 1. The van der Waals surface area contributed by atoms with Crippen LogP contribution in [0.1, 0.15) is 40.7 Å². The normalized spacial score (nSPS) is 15.6. The zero-order valence-corrected chi connectivity index (χ0v) is 17.2. The third kappa shape index (κ3) is 4.34. The standard InChI is InChI=1S/C22H26N4OS/c1-16-9-13-25(14-10-16)15-20-17(2)23-22(28-20)24-21(27)18-5-7-19(8-6-18)26-11-3-4-12-26/h3-8,11-12,16H,9-10,13-15H2,1-2H3,(H,23,24,27). The Labute approximate surface area is 170 Å². The molecule has 1 fully saturated rings. The SMILES string of the molecule is Cc1nc(NC(=O)c2ccc(-n3cccc3)cc2)sc1CN1CCC(C)CC1. The molecule has 3 aromatic rings. The summed E-state index contributed by atoms with van der Waals surface area (Å²) in [6.07, 6.45) is 6.50. The van der Waals surface area contributed by atoms with E-state index in [4.69, 9.17) is 0 Å². The lowest BCUT2D eigenvalue weighted by molar-refractivity contribution is 0.102. The minimum atomic E-state index is -0.119. The molecule has 5 nitrogen and oxygen atoms in total. The van der Waals surface area contributed by atoms with E-state index in [-0.39, 0.29) is 5.91 Å². The van der Waals surface area contributed by atoms with Crippen LogP contribution in [0.4, 0.5) is 5.13 Å². The molecular formula is C22H26N4OS. The average Bonchev–Trinajstić information content (AvgIpc) is 3.34. The van der Waals surface area contributed by atoms with E-state index in [9.17, 15) is 4.79 Å². The number of carbonyl (C=O) groups is 1. The van der Waals surface area contributed by atoms with E-state index in [0.717, 1.165) is 36.9 Å². The second kappa shape index (κ2) is 8.29. The monoisotopic (exact) mass is 394 g/mol. The molecule has 0 bridgehead atoms. The maximum absolute atomic E-state index is 12.6. The average molecular weight is 395 g/mol. The van der Waals surface area contributed by atoms with Crippen molar-refractivity contribution >= 4 is 22.4 Å². The number of nitrogens with zero attached hydrogens (tertiary/aromatic N) is 3. The van der Waals surface area contributed by atoms with Crippen LogP contribution in [0.2, 0.25) is 0 Å². The molecule has 0 spiro atoms. The smallest absolute Gasteiger partial charge is 0.257 e. The number of piperidine rings is 1. The highest BCUT2D eigenvalue weighted by Gasteiger charge is 2.19. The molecule has 0 aliphatic carbocycles. The van der Waals surface area contributed by atoms with Crippen LogP contribution in [0.5, 0.6) is 0 Å². The van der Waals surface area contributed by atoms with Crippen molar-refractivity contribution in [2.45, 2.75) is 33.2 Å². The lowest BCUT2D eigenvalue weighted by Gasteiger charge is -2.29. The summed E-state index contributed by atoms with van der Waals surface area (Å²) >= 11 is 1.59. The van der Waals surface area contributed by atoms with Crippen molar-refractivity contribution in [2.24, 2.45) is 5.92 Å². The van der Waals surface area contributed by atoms with Gasteiger partial charge < -0.3 is 4.57 Å².